The highest BCUT2D eigenvalue weighted by molar-refractivity contribution is 6.08. The van der Waals surface area contributed by atoms with Crippen molar-refractivity contribution in [2.75, 3.05) is 33.0 Å². The maximum absolute atomic E-state index is 13.8. The van der Waals surface area contributed by atoms with Gasteiger partial charge in [0.25, 0.3) is 0 Å². The molecule has 0 unspecified atom stereocenters. The molecule has 6 rings (SSSR count). The van der Waals surface area contributed by atoms with E-state index in [1.165, 1.54) is 5.56 Å². The molecule has 162 valence electrons. The van der Waals surface area contributed by atoms with Gasteiger partial charge < -0.3 is 9.47 Å². The summed E-state index contributed by atoms with van der Waals surface area (Å²) in [6.07, 6.45) is 0.744. The molecule has 0 saturated carbocycles. The van der Waals surface area contributed by atoms with Crippen molar-refractivity contribution in [3.05, 3.63) is 95.1 Å². The molecule has 1 saturated heterocycles. The summed E-state index contributed by atoms with van der Waals surface area (Å²) in [5, 5.41) is 0. The smallest absolute Gasteiger partial charge is 0.231 e. The maximum atomic E-state index is 13.8. The summed E-state index contributed by atoms with van der Waals surface area (Å²) in [6.45, 7) is 4.74. The Morgan fingerprint density at radius 1 is 0.812 bits per heavy atom. The number of rotatable bonds is 4. The summed E-state index contributed by atoms with van der Waals surface area (Å²) < 4.78 is 11.0. The predicted molar refractivity (Wildman–Crippen MR) is 122 cm³/mol. The Balaban J connectivity index is 1.23. The molecule has 0 aromatic heterocycles. The fourth-order valence-corrected chi connectivity index (χ4v) is 5.44. The summed E-state index contributed by atoms with van der Waals surface area (Å²) in [5.41, 5.74) is 3.76. The molecule has 2 heterocycles. The second kappa shape index (κ2) is 7.76. The van der Waals surface area contributed by atoms with Crippen molar-refractivity contribution < 1.29 is 14.3 Å². The number of hydrogen-bond donors (Lipinski definition) is 0. The van der Waals surface area contributed by atoms with Gasteiger partial charge in [0, 0.05) is 44.7 Å². The van der Waals surface area contributed by atoms with Gasteiger partial charge in [0.1, 0.15) is 5.54 Å². The van der Waals surface area contributed by atoms with Crippen LogP contribution in [0.2, 0.25) is 0 Å². The summed E-state index contributed by atoms with van der Waals surface area (Å²) >= 11 is 0. The van der Waals surface area contributed by atoms with E-state index in [0.29, 0.717) is 6.79 Å². The second-order valence-corrected chi connectivity index (χ2v) is 8.84. The van der Waals surface area contributed by atoms with Gasteiger partial charge in [-0.25, -0.2) is 0 Å². The zero-order valence-corrected chi connectivity index (χ0v) is 18.0. The van der Waals surface area contributed by atoms with E-state index < -0.39 is 5.54 Å². The zero-order valence-electron chi connectivity index (χ0n) is 18.0. The highest BCUT2D eigenvalue weighted by Gasteiger charge is 2.51. The molecule has 0 spiro atoms. The normalized spacial score (nSPS) is 22.8. The monoisotopic (exact) mass is 426 g/mol. The van der Waals surface area contributed by atoms with Crippen molar-refractivity contribution in [2.24, 2.45) is 0 Å². The van der Waals surface area contributed by atoms with E-state index in [1.54, 1.807) is 0 Å². The number of benzene rings is 3. The number of piperazine rings is 1. The van der Waals surface area contributed by atoms with Gasteiger partial charge in [0.15, 0.2) is 17.3 Å². The van der Waals surface area contributed by atoms with Crippen LogP contribution < -0.4 is 9.47 Å². The van der Waals surface area contributed by atoms with E-state index in [2.05, 4.69) is 40.1 Å². The van der Waals surface area contributed by atoms with Gasteiger partial charge in [0.05, 0.1) is 0 Å². The number of ketones is 1. The molecule has 3 aromatic carbocycles. The molecule has 1 fully saturated rings. The molecule has 5 nitrogen and oxygen atoms in total. The summed E-state index contributed by atoms with van der Waals surface area (Å²) in [5.74, 6) is 1.89. The van der Waals surface area contributed by atoms with Crippen molar-refractivity contribution in [1.82, 2.24) is 9.80 Å². The molecule has 0 N–H and O–H groups in total. The molecule has 32 heavy (non-hydrogen) atoms. The van der Waals surface area contributed by atoms with Crippen LogP contribution in [0.3, 0.4) is 0 Å². The number of carbonyl (C=O) groups excluding carboxylic acids is 1. The van der Waals surface area contributed by atoms with E-state index in [4.69, 9.17) is 9.47 Å². The third kappa shape index (κ3) is 3.12. The van der Waals surface area contributed by atoms with E-state index in [1.807, 2.05) is 42.5 Å². The minimum atomic E-state index is -0.601. The highest BCUT2D eigenvalue weighted by Crippen LogP contribution is 2.43. The number of fused-ring (bicyclic) bond motifs is 2. The fraction of sp³-hybridized carbons (Fsp3) is 0.296. The van der Waals surface area contributed by atoms with Crippen LogP contribution in [0.1, 0.15) is 27.0 Å². The minimum absolute atomic E-state index is 0.239. The maximum Gasteiger partial charge on any atom is 0.231 e. The molecule has 0 amide bonds. The summed E-state index contributed by atoms with van der Waals surface area (Å²) in [6, 6.07) is 24.6. The van der Waals surface area contributed by atoms with E-state index in [0.717, 1.165) is 67.3 Å². The average Bonchev–Trinajstić information content (AvgIpc) is 3.43. The number of ether oxygens (including phenoxy) is 2. The molecule has 1 atom stereocenters. The number of Topliss-reactive ketones (excluding diaryl/α,β-unsaturated/α-hetero) is 1. The van der Waals surface area contributed by atoms with Gasteiger partial charge in [-0.15, -0.1) is 0 Å². The summed E-state index contributed by atoms with van der Waals surface area (Å²) in [4.78, 5) is 18.7. The summed E-state index contributed by atoms with van der Waals surface area (Å²) in [7, 11) is 0. The first kappa shape index (κ1) is 19.5. The first-order chi connectivity index (χ1) is 15.7. The lowest BCUT2D eigenvalue weighted by molar-refractivity contribution is 0.0288. The van der Waals surface area contributed by atoms with E-state index in [9.17, 15) is 4.79 Å². The van der Waals surface area contributed by atoms with Crippen LogP contribution in [0, 0.1) is 0 Å². The average molecular weight is 427 g/mol. The molecule has 3 aliphatic rings. The standard InChI is InChI=1S/C27H26N2O3/c30-26-23-9-5-4-6-21(23)17-27(26,22-7-2-1-3-8-22)29-14-12-28(13-15-29)18-20-10-11-24-25(16-20)32-19-31-24/h1-11,16H,12-15,17-19H2/t27-/m1/s1. The van der Waals surface area contributed by atoms with Gasteiger partial charge in [-0.3, -0.25) is 14.6 Å². The van der Waals surface area contributed by atoms with Crippen LogP contribution >= 0.6 is 0 Å². The Morgan fingerprint density at radius 3 is 2.38 bits per heavy atom. The Bertz CT molecular complexity index is 1150. The van der Waals surface area contributed by atoms with Crippen molar-refractivity contribution in [1.29, 1.82) is 0 Å². The van der Waals surface area contributed by atoms with Crippen LogP contribution in [-0.4, -0.2) is 48.6 Å². The first-order valence-corrected chi connectivity index (χ1v) is 11.3. The van der Waals surface area contributed by atoms with Gasteiger partial charge >= 0.3 is 0 Å². The first-order valence-electron chi connectivity index (χ1n) is 11.3. The van der Waals surface area contributed by atoms with Crippen molar-refractivity contribution in [3.63, 3.8) is 0 Å². The second-order valence-electron chi connectivity index (χ2n) is 8.84. The lowest BCUT2D eigenvalue weighted by Crippen LogP contribution is -2.58. The van der Waals surface area contributed by atoms with Gasteiger partial charge in [-0.05, 0) is 28.8 Å². The Morgan fingerprint density at radius 2 is 1.56 bits per heavy atom. The molecule has 1 aliphatic carbocycles. The Hall–Kier alpha value is -3.15. The molecule has 0 bridgehead atoms. The van der Waals surface area contributed by atoms with Gasteiger partial charge in [0.2, 0.25) is 6.79 Å². The van der Waals surface area contributed by atoms with Crippen LogP contribution in [0.25, 0.3) is 0 Å². The van der Waals surface area contributed by atoms with E-state index >= 15 is 0 Å². The highest BCUT2D eigenvalue weighted by atomic mass is 16.7. The Labute approximate surface area is 188 Å². The molecule has 5 heteroatoms. The van der Waals surface area contributed by atoms with Crippen LogP contribution in [0.15, 0.2) is 72.8 Å². The third-order valence-electron chi connectivity index (χ3n) is 7.09. The topological polar surface area (TPSA) is 42.0 Å². The zero-order chi connectivity index (χ0) is 21.5. The molecule has 2 aliphatic heterocycles. The van der Waals surface area contributed by atoms with Crippen LogP contribution in [0.4, 0.5) is 0 Å². The molecular weight excluding hydrogens is 400 g/mol. The fourth-order valence-electron chi connectivity index (χ4n) is 5.44. The molecular formula is C27H26N2O3. The predicted octanol–water partition coefficient (Wildman–Crippen LogP) is 3.87. The molecule has 3 aromatic rings. The third-order valence-corrected chi connectivity index (χ3v) is 7.09. The van der Waals surface area contributed by atoms with Gasteiger partial charge in [-0.1, -0.05) is 60.7 Å². The molecule has 0 radical (unpaired) electrons. The van der Waals surface area contributed by atoms with Gasteiger partial charge in [-0.2, -0.15) is 0 Å². The number of hydrogen-bond acceptors (Lipinski definition) is 5. The van der Waals surface area contributed by atoms with Crippen LogP contribution in [-0.2, 0) is 18.5 Å². The lowest BCUT2D eigenvalue weighted by Gasteiger charge is -2.45. The largest absolute Gasteiger partial charge is 0.454 e. The quantitative estimate of drug-likeness (QED) is 0.634. The number of carbonyl (C=O) groups is 1. The Kier molecular flexibility index (Phi) is 4.74. The SMILES string of the molecule is O=C1c2ccccc2C[C@]1(c1ccccc1)N1CCN(Cc2ccc3c(c2)OCO3)CC1. The van der Waals surface area contributed by atoms with Crippen molar-refractivity contribution >= 4 is 5.78 Å². The lowest BCUT2D eigenvalue weighted by atomic mass is 9.83. The van der Waals surface area contributed by atoms with Crippen LogP contribution in [0.5, 0.6) is 11.5 Å². The van der Waals surface area contributed by atoms with Crippen molar-refractivity contribution in [3.8, 4) is 11.5 Å². The van der Waals surface area contributed by atoms with Crippen molar-refractivity contribution in [2.45, 2.75) is 18.5 Å². The number of nitrogens with zero attached hydrogens (tertiary/aromatic N) is 2. The minimum Gasteiger partial charge on any atom is -0.454 e. The van der Waals surface area contributed by atoms with E-state index in [-0.39, 0.29) is 5.78 Å².